The number of benzene rings is 1. The monoisotopic (exact) mass is 506 g/mol. The van der Waals surface area contributed by atoms with E-state index in [-0.39, 0.29) is 24.8 Å². The summed E-state index contributed by atoms with van der Waals surface area (Å²) in [6.45, 7) is 6.65. The summed E-state index contributed by atoms with van der Waals surface area (Å²) in [5.41, 5.74) is 3.73. The molecule has 11 heteroatoms. The minimum absolute atomic E-state index is 0.139. The van der Waals surface area contributed by atoms with Crippen molar-refractivity contribution < 1.29 is 5.11 Å². The van der Waals surface area contributed by atoms with Gasteiger partial charge in [-0.25, -0.2) is 14.6 Å². The van der Waals surface area contributed by atoms with Crippen molar-refractivity contribution in [1.82, 2.24) is 34.1 Å². The number of pyridine rings is 2. The van der Waals surface area contributed by atoms with Crippen LogP contribution in [0.3, 0.4) is 0 Å². The Kier molecular flexibility index (Phi) is 6.23. The van der Waals surface area contributed by atoms with Crippen molar-refractivity contribution in [2.75, 3.05) is 11.9 Å². The smallest absolute Gasteiger partial charge is 0.260 e. The summed E-state index contributed by atoms with van der Waals surface area (Å²) < 4.78 is 5.02. The van der Waals surface area contributed by atoms with Crippen LogP contribution in [-0.4, -0.2) is 45.8 Å². The molecule has 0 fully saturated rings. The molecular weight excluding hydrogens is 480 g/mol. The van der Waals surface area contributed by atoms with Gasteiger partial charge in [0.05, 0.1) is 25.0 Å². The lowest BCUT2D eigenvalue weighted by Crippen LogP contribution is -2.25. The van der Waals surface area contributed by atoms with E-state index in [1.807, 2.05) is 32.9 Å². The molecule has 0 radical (unpaired) electrons. The average molecular weight is 507 g/mol. The normalized spacial score (nSPS) is 12.5. The minimum Gasteiger partial charge on any atom is -0.395 e. The maximum atomic E-state index is 13.6. The van der Waals surface area contributed by atoms with Gasteiger partial charge >= 0.3 is 0 Å². The Labute approximate surface area is 212 Å². The zero-order valence-corrected chi connectivity index (χ0v) is 21.3. The molecule has 4 heterocycles. The number of aliphatic hydroxyl groups is 1. The van der Waals surface area contributed by atoms with Gasteiger partial charge in [-0.15, -0.1) is 5.10 Å². The van der Waals surface area contributed by atoms with Crippen molar-refractivity contribution in [2.24, 2.45) is 7.05 Å². The molecule has 0 aliphatic carbocycles. The summed E-state index contributed by atoms with van der Waals surface area (Å²) in [5, 5.41) is 24.8. The molecule has 4 aromatic heterocycles. The van der Waals surface area contributed by atoms with E-state index in [2.05, 4.69) is 31.5 Å². The number of anilines is 1. The Morgan fingerprint density at radius 2 is 2.03 bits per heavy atom. The molecule has 1 unspecified atom stereocenters. The quantitative estimate of drug-likeness (QED) is 0.323. The molecule has 0 saturated heterocycles. The molecule has 0 saturated carbocycles. The Morgan fingerprint density at radius 1 is 1.22 bits per heavy atom. The van der Waals surface area contributed by atoms with Crippen molar-refractivity contribution in [3.05, 3.63) is 63.4 Å². The van der Waals surface area contributed by atoms with E-state index in [4.69, 9.17) is 11.6 Å². The topological polar surface area (TPSA) is 116 Å². The number of halogens is 1. The van der Waals surface area contributed by atoms with Crippen LogP contribution >= 0.6 is 11.6 Å². The number of hydrogen-bond donors (Lipinski definition) is 2. The highest BCUT2D eigenvalue weighted by Crippen LogP contribution is 2.34. The number of nitrogens with one attached hydrogen (secondary N) is 1. The number of rotatable bonds is 7. The van der Waals surface area contributed by atoms with Gasteiger partial charge in [-0.05, 0) is 50.1 Å². The van der Waals surface area contributed by atoms with E-state index in [9.17, 15) is 9.90 Å². The molecule has 0 aliphatic rings. The zero-order valence-electron chi connectivity index (χ0n) is 20.5. The van der Waals surface area contributed by atoms with E-state index in [1.54, 1.807) is 39.6 Å². The highest BCUT2D eigenvalue weighted by atomic mass is 35.5. The summed E-state index contributed by atoms with van der Waals surface area (Å²) in [7, 11) is 1.79. The van der Waals surface area contributed by atoms with Gasteiger partial charge < -0.3 is 10.4 Å². The molecule has 0 spiro atoms. The molecule has 10 nitrogen and oxygen atoms in total. The SMILES string of the molecule is CCn1ncc2c3c(C(C)Nc4ccc(Cl)nc4-c4ncn(C)n4)cc(C)cc3c(=O)n(CCO)c21. The molecule has 5 aromatic rings. The van der Waals surface area contributed by atoms with Crippen LogP contribution in [0.5, 0.6) is 0 Å². The predicted octanol–water partition coefficient (Wildman–Crippen LogP) is 3.69. The maximum absolute atomic E-state index is 13.6. The fraction of sp³-hybridized carbons (Fsp3) is 0.320. The largest absolute Gasteiger partial charge is 0.395 e. The van der Waals surface area contributed by atoms with Crippen LogP contribution in [0.25, 0.3) is 33.3 Å². The second kappa shape index (κ2) is 9.36. The van der Waals surface area contributed by atoms with Gasteiger partial charge in [0.25, 0.3) is 5.56 Å². The number of fused-ring (bicyclic) bond motifs is 3. The molecule has 36 heavy (non-hydrogen) atoms. The van der Waals surface area contributed by atoms with E-state index < -0.39 is 0 Å². The van der Waals surface area contributed by atoms with Crippen LogP contribution in [0.1, 0.15) is 31.0 Å². The van der Waals surface area contributed by atoms with Crippen molar-refractivity contribution >= 4 is 39.1 Å². The van der Waals surface area contributed by atoms with Gasteiger partial charge in [-0.2, -0.15) is 5.10 Å². The Hall–Kier alpha value is -3.76. The first-order chi connectivity index (χ1) is 17.3. The standard InChI is InChI=1S/C25H27ClN8O2/c1-5-34-24-18(12-28-34)21-16(10-14(2)11-17(21)25(36)33(24)8-9-35)15(3)29-19-6-7-20(26)30-22(19)23-27-13-32(4)31-23/h6-7,10-13,15,29,35H,5,8-9H2,1-4H3. The second-order valence-corrected chi connectivity index (χ2v) is 9.18. The summed E-state index contributed by atoms with van der Waals surface area (Å²) in [4.78, 5) is 22.4. The van der Waals surface area contributed by atoms with E-state index in [0.29, 0.717) is 34.2 Å². The lowest BCUT2D eigenvalue weighted by atomic mass is 9.95. The second-order valence-electron chi connectivity index (χ2n) is 8.79. The Morgan fingerprint density at radius 3 is 2.72 bits per heavy atom. The van der Waals surface area contributed by atoms with Gasteiger partial charge in [-0.3, -0.25) is 14.0 Å². The van der Waals surface area contributed by atoms with Gasteiger partial charge in [0, 0.05) is 35.8 Å². The molecule has 1 atom stereocenters. The van der Waals surface area contributed by atoms with E-state index in [1.165, 1.54) is 0 Å². The highest BCUT2D eigenvalue weighted by molar-refractivity contribution is 6.29. The maximum Gasteiger partial charge on any atom is 0.260 e. The molecule has 0 aliphatic heterocycles. The number of aromatic nitrogens is 7. The summed E-state index contributed by atoms with van der Waals surface area (Å²) >= 11 is 6.20. The van der Waals surface area contributed by atoms with Crippen LogP contribution in [0.4, 0.5) is 5.69 Å². The Balaban J connectivity index is 1.71. The number of nitrogens with zero attached hydrogens (tertiary/aromatic N) is 7. The van der Waals surface area contributed by atoms with Gasteiger partial charge in [-0.1, -0.05) is 17.7 Å². The molecule has 0 bridgehead atoms. The van der Waals surface area contributed by atoms with Crippen molar-refractivity contribution in [2.45, 2.75) is 39.9 Å². The average Bonchev–Trinajstić information content (AvgIpc) is 3.48. The molecule has 2 N–H and O–H groups in total. The van der Waals surface area contributed by atoms with Crippen molar-refractivity contribution in [3.8, 4) is 11.5 Å². The summed E-state index contributed by atoms with van der Waals surface area (Å²) in [5.74, 6) is 0.460. The number of hydrogen-bond acceptors (Lipinski definition) is 7. The van der Waals surface area contributed by atoms with E-state index in [0.717, 1.165) is 27.6 Å². The molecule has 1 aromatic carbocycles. The summed E-state index contributed by atoms with van der Waals surface area (Å²) in [6, 6.07) is 7.35. The van der Waals surface area contributed by atoms with Crippen molar-refractivity contribution in [3.63, 3.8) is 0 Å². The fourth-order valence-electron chi connectivity index (χ4n) is 4.73. The third kappa shape index (κ3) is 4.02. The fourth-order valence-corrected chi connectivity index (χ4v) is 4.87. The molecule has 186 valence electrons. The van der Waals surface area contributed by atoms with Crippen LogP contribution < -0.4 is 10.9 Å². The highest BCUT2D eigenvalue weighted by Gasteiger charge is 2.22. The molecule has 5 rings (SSSR count). The van der Waals surface area contributed by atoms with Gasteiger partial charge in [0.2, 0.25) is 5.82 Å². The van der Waals surface area contributed by atoms with E-state index >= 15 is 0 Å². The lowest BCUT2D eigenvalue weighted by Gasteiger charge is -2.21. The molecular formula is C25H27ClN8O2. The predicted molar refractivity (Wildman–Crippen MR) is 140 cm³/mol. The van der Waals surface area contributed by atoms with Gasteiger partial charge in [0.15, 0.2) is 0 Å². The first kappa shape index (κ1) is 24.0. The number of aliphatic hydroxyl groups excluding tert-OH is 1. The first-order valence-electron chi connectivity index (χ1n) is 11.7. The van der Waals surface area contributed by atoms with Gasteiger partial charge in [0.1, 0.15) is 22.8 Å². The van der Waals surface area contributed by atoms with Crippen molar-refractivity contribution in [1.29, 1.82) is 0 Å². The third-order valence-corrected chi connectivity index (χ3v) is 6.47. The first-order valence-corrected chi connectivity index (χ1v) is 12.1. The number of aryl methyl sites for hydroxylation is 3. The van der Waals surface area contributed by atoms with Crippen LogP contribution in [-0.2, 0) is 20.1 Å². The van der Waals surface area contributed by atoms with Crippen LogP contribution in [0, 0.1) is 6.92 Å². The van der Waals surface area contributed by atoms with Crippen LogP contribution in [0.2, 0.25) is 5.15 Å². The minimum atomic E-state index is -0.209. The lowest BCUT2D eigenvalue weighted by molar-refractivity contribution is 0.275. The summed E-state index contributed by atoms with van der Waals surface area (Å²) in [6.07, 6.45) is 3.41. The van der Waals surface area contributed by atoms with Crippen LogP contribution in [0.15, 0.2) is 41.6 Å². The zero-order chi connectivity index (χ0) is 25.6. The molecule has 0 amide bonds. The Bertz CT molecular complexity index is 1650. The third-order valence-electron chi connectivity index (χ3n) is 6.26.